The Labute approximate surface area is 181 Å². The minimum Gasteiger partial charge on any atom is -0.347 e. The summed E-state index contributed by atoms with van der Waals surface area (Å²) in [6, 6.07) is 9.92. The Morgan fingerprint density at radius 1 is 1.00 bits per heavy atom. The first-order chi connectivity index (χ1) is 15.3. The number of alkyl halides is 3. The van der Waals surface area contributed by atoms with Crippen molar-refractivity contribution >= 4 is 10.9 Å². The molecule has 2 aliphatic rings. The molecule has 1 spiro atoms. The smallest absolute Gasteiger partial charge is 0.347 e. The zero-order chi connectivity index (χ0) is 22.3. The number of hydrogen-bond acceptors (Lipinski definition) is 4. The molecule has 32 heavy (non-hydrogen) atoms. The third-order valence-corrected chi connectivity index (χ3v) is 5.83. The van der Waals surface area contributed by atoms with Crippen LogP contribution < -0.4 is 5.56 Å². The molecule has 0 amide bonds. The van der Waals surface area contributed by atoms with E-state index in [1.807, 2.05) is 0 Å². The molecule has 3 heterocycles. The molecule has 2 aliphatic heterocycles. The van der Waals surface area contributed by atoms with E-state index >= 15 is 0 Å². The topological polar surface area (TPSA) is 53.4 Å². The third kappa shape index (κ3) is 3.90. The number of aryl methyl sites for hydroxylation is 1. The van der Waals surface area contributed by atoms with E-state index in [2.05, 4.69) is 16.8 Å². The maximum atomic E-state index is 13.1. The lowest BCUT2D eigenvalue weighted by Gasteiger charge is -2.24. The first-order valence-electron chi connectivity index (χ1n) is 10.3. The summed E-state index contributed by atoms with van der Waals surface area (Å²) in [6.07, 6.45) is -2.66. The summed E-state index contributed by atoms with van der Waals surface area (Å²) < 4.78 is 52.0. The first-order valence-corrected chi connectivity index (χ1v) is 10.3. The predicted molar refractivity (Wildman–Crippen MR) is 111 cm³/mol. The minimum atomic E-state index is -4.42. The molecule has 5 nitrogen and oxygen atoms in total. The Morgan fingerprint density at radius 2 is 1.75 bits per heavy atom. The van der Waals surface area contributed by atoms with Gasteiger partial charge < -0.3 is 9.47 Å². The lowest BCUT2D eigenvalue weighted by atomic mass is 10.1. The fraction of sp³-hybridized carbons (Fsp3) is 0.333. The SMILES string of the molecule is O=c1c2ccc(C#Cc3cccc(C(F)(F)F)c3)cc2nc2n1CCC1(CC2)OCCO1. The number of hydrogen-bond donors (Lipinski definition) is 0. The molecule has 2 aromatic carbocycles. The van der Waals surface area contributed by atoms with Crippen LogP contribution in [0.4, 0.5) is 13.2 Å². The average molecular weight is 440 g/mol. The lowest BCUT2D eigenvalue weighted by molar-refractivity contribution is -0.165. The van der Waals surface area contributed by atoms with Gasteiger partial charge in [-0.2, -0.15) is 13.2 Å². The van der Waals surface area contributed by atoms with Gasteiger partial charge >= 0.3 is 6.18 Å². The molecule has 0 radical (unpaired) electrons. The standard InChI is InChI=1S/C24H19F3N2O3/c25-24(26,27)18-3-1-2-16(14-18)4-5-17-6-7-19-20(15-17)28-21-8-9-23(31-12-13-32-23)10-11-29(21)22(19)30/h1-3,6-7,14-15H,8-13H2. The van der Waals surface area contributed by atoms with Crippen LogP contribution in [0.15, 0.2) is 47.3 Å². The predicted octanol–water partition coefficient (Wildman–Crippen LogP) is 3.89. The van der Waals surface area contributed by atoms with Crippen molar-refractivity contribution < 1.29 is 22.6 Å². The normalized spacial score (nSPS) is 17.6. The largest absolute Gasteiger partial charge is 0.416 e. The molecule has 3 aromatic rings. The van der Waals surface area contributed by atoms with Crippen LogP contribution >= 0.6 is 0 Å². The van der Waals surface area contributed by atoms with Gasteiger partial charge in [-0.15, -0.1) is 0 Å². The number of rotatable bonds is 0. The van der Waals surface area contributed by atoms with Crippen LogP contribution in [0.3, 0.4) is 0 Å². The van der Waals surface area contributed by atoms with E-state index in [-0.39, 0.29) is 11.1 Å². The van der Waals surface area contributed by atoms with E-state index in [0.717, 1.165) is 12.1 Å². The molecular formula is C24H19F3N2O3. The zero-order valence-corrected chi connectivity index (χ0v) is 17.0. The summed E-state index contributed by atoms with van der Waals surface area (Å²) in [6.45, 7) is 1.57. The molecule has 1 aromatic heterocycles. The summed E-state index contributed by atoms with van der Waals surface area (Å²) in [4.78, 5) is 17.7. The van der Waals surface area contributed by atoms with Gasteiger partial charge in [-0.1, -0.05) is 17.9 Å². The molecule has 8 heteroatoms. The van der Waals surface area contributed by atoms with Gasteiger partial charge in [0, 0.05) is 36.9 Å². The van der Waals surface area contributed by atoms with Crippen molar-refractivity contribution in [1.29, 1.82) is 0 Å². The molecule has 1 saturated heterocycles. The van der Waals surface area contributed by atoms with E-state index in [1.54, 1.807) is 22.8 Å². The van der Waals surface area contributed by atoms with Crippen molar-refractivity contribution in [3.05, 3.63) is 75.3 Å². The Bertz CT molecular complexity index is 1310. The molecule has 164 valence electrons. The van der Waals surface area contributed by atoms with E-state index < -0.39 is 17.5 Å². The Hall–Kier alpha value is -3.15. The van der Waals surface area contributed by atoms with E-state index in [4.69, 9.17) is 9.47 Å². The van der Waals surface area contributed by atoms with Crippen LogP contribution in [-0.2, 0) is 28.6 Å². The molecule has 5 rings (SSSR count). The van der Waals surface area contributed by atoms with Crippen molar-refractivity contribution in [2.45, 2.75) is 37.8 Å². The highest BCUT2D eigenvalue weighted by Crippen LogP contribution is 2.32. The van der Waals surface area contributed by atoms with E-state index in [1.165, 1.54) is 12.1 Å². The van der Waals surface area contributed by atoms with Crippen molar-refractivity contribution in [3.63, 3.8) is 0 Å². The Balaban J connectivity index is 1.47. The second kappa shape index (κ2) is 7.76. The van der Waals surface area contributed by atoms with Crippen LogP contribution in [0.1, 0.15) is 35.4 Å². The highest BCUT2D eigenvalue weighted by Gasteiger charge is 2.38. The maximum Gasteiger partial charge on any atom is 0.416 e. The van der Waals surface area contributed by atoms with Gasteiger partial charge in [0.05, 0.1) is 29.7 Å². The second-order valence-corrected chi connectivity index (χ2v) is 7.90. The second-order valence-electron chi connectivity index (χ2n) is 7.90. The highest BCUT2D eigenvalue weighted by atomic mass is 19.4. The highest BCUT2D eigenvalue weighted by molar-refractivity contribution is 5.79. The quantitative estimate of drug-likeness (QED) is 0.498. The average Bonchev–Trinajstić information content (AvgIpc) is 3.16. The number of nitrogens with zero attached hydrogens (tertiary/aromatic N) is 2. The van der Waals surface area contributed by atoms with Crippen LogP contribution in [0.25, 0.3) is 10.9 Å². The monoisotopic (exact) mass is 440 g/mol. The van der Waals surface area contributed by atoms with Gasteiger partial charge in [-0.3, -0.25) is 9.36 Å². The Kier molecular flexibility index (Phi) is 5.03. The van der Waals surface area contributed by atoms with Crippen molar-refractivity contribution in [2.75, 3.05) is 13.2 Å². The molecule has 0 saturated carbocycles. The van der Waals surface area contributed by atoms with Gasteiger partial charge in [0.15, 0.2) is 5.79 Å². The molecule has 0 unspecified atom stereocenters. The first kappa shape index (κ1) is 20.7. The van der Waals surface area contributed by atoms with Crippen LogP contribution in [0.5, 0.6) is 0 Å². The third-order valence-electron chi connectivity index (χ3n) is 5.83. The van der Waals surface area contributed by atoms with Crippen LogP contribution in [-0.4, -0.2) is 28.6 Å². The fourth-order valence-electron chi connectivity index (χ4n) is 4.18. The van der Waals surface area contributed by atoms with Gasteiger partial charge in [0.1, 0.15) is 5.82 Å². The van der Waals surface area contributed by atoms with Crippen LogP contribution in [0.2, 0.25) is 0 Å². The molecule has 1 fully saturated rings. The molecule has 0 bridgehead atoms. The zero-order valence-electron chi connectivity index (χ0n) is 17.0. The van der Waals surface area contributed by atoms with E-state index in [9.17, 15) is 18.0 Å². The van der Waals surface area contributed by atoms with Gasteiger partial charge in [-0.25, -0.2) is 4.98 Å². The molecule has 0 atom stereocenters. The van der Waals surface area contributed by atoms with Crippen molar-refractivity contribution in [2.24, 2.45) is 0 Å². The van der Waals surface area contributed by atoms with Gasteiger partial charge in [-0.05, 0) is 36.4 Å². The van der Waals surface area contributed by atoms with Gasteiger partial charge in [0.25, 0.3) is 5.56 Å². The molecule has 0 N–H and O–H groups in total. The number of ether oxygens (including phenoxy) is 2. The Morgan fingerprint density at radius 3 is 2.50 bits per heavy atom. The number of halogens is 3. The number of benzene rings is 2. The maximum absolute atomic E-state index is 13.1. The summed E-state index contributed by atoms with van der Waals surface area (Å²) in [5.74, 6) is 5.66. The fourth-order valence-corrected chi connectivity index (χ4v) is 4.18. The van der Waals surface area contributed by atoms with E-state index in [0.29, 0.717) is 61.3 Å². The summed E-state index contributed by atoms with van der Waals surface area (Å²) >= 11 is 0. The van der Waals surface area contributed by atoms with Crippen molar-refractivity contribution in [3.8, 4) is 11.8 Å². The lowest BCUT2D eigenvalue weighted by Crippen LogP contribution is -2.31. The molecule has 0 aliphatic carbocycles. The van der Waals surface area contributed by atoms with Gasteiger partial charge in [0.2, 0.25) is 0 Å². The van der Waals surface area contributed by atoms with Crippen LogP contribution in [0, 0.1) is 11.8 Å². The van der Waals surface area contributed by atoms with Crippen molar-refractivity contribution in [1.82, 2.24) is 9.55 Å². The molecular weight excluding hydrogens is 421 g/mol. The summed E-state index contributed by atoms with van der Waals surface area (Å²) in [5, 5.41) is 0.475. The number of aromatic nitrogens is 2. The summed E-state index contributed by atoms with van der Waals surface area (Å²) in [5.41, 5.74) is 0.475. The number of fused-ring (bicyclic) bond motifs is 2. The summed E-state index contributed by atoms with van der Waals surface area (Å²) in [7, 11) is 0. The minimum absolute atomic E-state index is 0.127.